The largest absolute Gasteiger partial charge is 0.488 e. The molecule has 0 unspecified atom stereocenters. The van der Waals surface area contributed by atoms with E-state index in [-0.39, 0.29) is 0 Å². The zero-order valence-electron chi connectivity index (χ0n) is 21.8. The Morgan fingerprint density at radius 2 is 1.89 bits per heavy atom. The number of nitrogens with zero attached hydrogens (tertiary/aromatic N) is 4. The first-order valence-electron chi connectivity index (χ1n) is 12.9. The molecule has 190 valence electrons. The maximum absolute atomic E-state index is 11.8. The monoisotopic (exact) mass is 505 g/mol. The molecule has 8 nitrogen and oxygen atoms in total. The van der Waals surface area contributed by atoms with Crippen LogP contribution in [-0.2, 0) is 6.61 Å². The number of rotatable bonds is 3. The van der Waals surface area contributed by atoms with Gasteiger partial charge in [0.2, 0.25) is 0 Å². The summed E-state index contributed by atoms with van der Waals surface area (Å²) in [5.74, 6) is 2.14. The number of ether oxygens (including phenoxy) is 1. The van der Waals surface area contributed by atoms with E-state index in [1.54, 1.807) is 0 Å². The number of benzene rings is 2. The highest BCUT2D eigenvalue weighted by molar-refractivity contribution is 6.00. The standard InChI is InChI=1S/C30H27N5O3/c1-15-6-5-7-23-24(15)25(18(4)27-33-30(36)38-34-27)22-11-10-21(13-20(22)14-37-23)35-28(19-8-9-19)32-26-16(2)12-17(3)31-29(26)35/h5-7,10-13,19H,8-9,14H2,1-4H3,(H,33,34,36)/b25-18-. The number of aromatic amines is 1. The van der Waals surface area contributed by atoms with Gasteiger partial charge in [-0.1, -0.05) is 23.4 Å². The highest BCUT2D eigenvalue weighted by Gasteiger charge is 2.32. The van der Waals surface area contributed by atoms with Gasteiger partial charge in [0, 0.05) is 28.4 Å². The van der Waals surface area contributed by atoms with E-state index in [0.29, 0.717) is 18.3 Å². The molecule has 1 fully saturated rings. The molecule has 5 aromatic rings. The predicted octanol–water partition coefficient (Wildman–Crippen LogP) is 5.77. The summed E-state index contributed by atoms with van der Waals surface area (Å²) in [5.41, 5.74) is 10.9. The molecule has 3 aromatic heterocycles. The van der Waals surface area contributed by atoms with Gasteiger partial charge in [0.25, 0.3) is 0 Å². The topological polar surface area (TPSA) is 98.8 Å². The number of aryl methyl sites for hydroxylation is 3. The zero-order valence-corrected chi connectivity index (χ0v) is 21.8. The van der Waals surface area contributed by atoms with Crippen molar-refractivity contribution < 1.29 is 9.26 Å². The first-order chi connectivity index (χ1) is 18.4. The summed E-state index contributed by atoms with van der Waals surface area (Å²) in [4.78, 5) is 24.5. The van der Waals surface area contributed by atoms with Crippen molar-refractivity contribution in [2.75, 3.05) is 0 Å². The number of pyridine rings is 1. The van der Waals surface area contributed by atoms with Gasteiger partial charge in [-0.2, -0.15) is 0 Å². The maximum atomic E-state index is 11.8. The van der Waals surface area contributed by atoms with Crippen molar-refractivity contribution in [1.29, 1.82) is 0 Å². The van der Waals surface area contributed by atoms with Gasteiger partial charge in [-0.25, -0.2) is 14.8 Å². The van der Waals surface area contributed by atoms with Gasteiger partial charge in [-0.05, 0) is 92.6 Å². The van der Waals surface area contributed by atoms with E-state index in [9.17, 15) is 4.79 Å². The number of imidazole rings is 1. The average Bonchev–Trinajstić information content (AvgIpc) is 3.57. The maximum Gasteiger partial charge on any atom is 0.439 e. The number of hydrogen-bond acceptors (Lipinski definition) is 6. The second-order valence-electron chi connectivity index (χ2n) is 10.4. The minimum atomic E-state index is -0.580. The highest BCUT2D eigenvalue weighted by Crippen LogP contribution is 2.44. The molecule has 2 aromatic carbocycles. The molecular weight excluding hydrogens is 478 g/mol. The molecule has 0 saturated heterocycles. The van der Waals surface area contributed by atoms with Crippen LogP contribution < -0.4 is 10.5 Å². The quantitative estimate of drug-likeness (QED) is 0.334. The van der Waals surface area contributed by atoms with Gasteiger partial charge < -0.3 is 4.74 Å². The average molecular weight is 506 g/mol. The fourth-order valence-corrected chi connectivity index (χ4v) is 5.60. The first kappa shape index (κ1) is 22.7. The Hall–Kier alpha value is -4.46. The van der Waals surface area contributed by atoms with Crippen LogP contribution in [0.3, 0.4) is 0 Å². The van der Waals surface area contributed by atoms with E-state index < -0.39 is 5.76 Å². The van der Waals surface area contributed by atoms with E-state index in [0.717, 1.165) is 85.9 Å². The molecule has 0 bridgehead atoms. The Labute approximate surface area is 219 Å². The molecule has 8 heteroatoms. The minimum Gasteiger partial charge on any atom is -0.488 e. The molecule has 38 heavy (non-hydrogen) atoms. The molecule has 0 amide bonds. The van der Waals surface area contributed by atoms with Gasteiger partial charge >= 0.3 is 5.76 Å². The predicted molar refractivity (Wildman–Crippen MR) is 145 cm³/mol. The van der Waals surface area contributed by atoms with Crippen molar-refractivity contribution in [1.82, 2.24) is 24.7 Å². The third kappa shape index (κ3) is 3.51. The SMILES string of the molecule is C/C(=C1\c2ccc(-n3c(C4CC4)nc4c(C)cc(C)nc43)cc2COc2cccc(C)c21)c1noc(=O)[nH]1. The molecule has 7 rings (SSSR count). The van der Waals surface area contributed by atoms with Crippen LogP contribution >= 0.6 is 0 Å². The number of H-pyrrole nitrogens is 1. The summed E-state index contributed by atoms with van der Waals surface area (Å²) in [6.45, 7) is 8.55. The van der Waals surface area contributed by atoms with Gasteiger partial charge in [-0.15, -0.1) is 0 Å². The Kier molecular flexibility index (Phi) is 4.95. The van der Waals surface area contributed by atoms with Crippen molar-refractivity contribution in [3.8, 4) is 11.4 Å². The summed E-state index contributed by atoms with van der Waals surface area (Å²) in [5, 5.41) is 3.98. The van der Waals surface area contributed by atoms with Crippen LogP contribution in [-0.4, -0.2) is 24.7 Å². The van der Waals surface area contributed by atoms with Crippen molar-refractivity contribution in [2.45, 2.75) is 53.1 Å². The lowest BCUT2D eigenvalue weighted by atomic mass is 9.88. The van der Waals surface area contributed by atoms with Crippen molar-refractivity contribution in [3.63, 3.8) is 0 Å². The van der Waals surface area contributed by atoms with Crippen LogP contribution in [0.15, 0.2) is 51.8 Å². The number of hydrogen-bond donors (Lipinski definition) is 1. The molecule has 4 heterocycles. The number of fused-ring (bicyclic) bond motifs is 3. The summed E-state index contributed by atoms with van der Waals surface area (Å²) in [6, 6.07) is 14.6. The van der Waals surface area contributed by atoms with E-state index >= 15 is 0 Å². The van der Waals surface area contributed by atoms with E-state index in [1.807, 2.05) is 26.0 Å². The fourth-order valence-electron chi connectivity index (χ4n) is 5.60. The van der Waals surface area contributed by atoms with Crippen LogP contribution in [0.5, 0.6) is 5.75 Å². The number of aromatic nitrogens is 5. The van der Waals surface area contributed by atoms with E-state index in [1.165, 1.54) is 0 Å². The van der Waals surface area contributed by atoms with Crippen LogP contribution in [0.1, 0.15) is 70.8 Å². The number of nitrogens with one attached hydrogen (secondary N) is 1. The van der Waals surface area contributed by atoms with E-state index in [2.05, 4.69) is 58.9 Å². The Morgan fingerprint density at radius 3 is 2.66 bits per heavy atom. The Bertz CT molecular complexity index is 1850. The lowest BCUT2D eigenvalue weighted by Gasteiger charge is -2.17. The molecular formula is C30H27N5O3. The normalized spacial score (nSPS) is 16.1. The molecule has 1 saturated carbocycles. The molecule has 0 radical (unpaired) electrons. The molecule has 1 N–H and O–H groups in total. The third-order valence-electron chi connectivity index (χ3n) is 7.56. The first-order valence-corrected chi connectivity index (χ1v) is 12.9. The van der Waals surface area contributed by atoms with Crippen molar-refractivity contribution >= 4 is 22.3 Å². The zero-order chi connectivity index (χ0) is 26.1. The Balaban J connectivity index is 1.48. The van der Waals surface area contributed by atoms with Gasteiger partial charge in [0.1, 0.15) is 23.7 Å². The van der Waals surface area contributed by atoms with Crippen molar-refractivity contribution in [3.05, 3.63) is 98.2 Å². The second-order valence-corrected chi connectivity index (χ2v) is 10.4. The minimum absolute atomic E-state index is 0.405. The summed E-state index contributed by atoms with van der Waals surface area (Å²) in [7, 11) is 0. The highest BCUT2D eigenvalue weighted by atomic mass is 16.5. The van der Waals surface area contributed by atoms with Crippen LogP contribution in [0.4, 0.5) is 0 Å². The summed E-state index contributed by atoms with van der Waals surface area (Å²) < 4.78 is 13.4. The molecule has 1 aliphatic heterocycles. The van der Waals surface area contributed by atoms with E-state index in [4.69, 9.17) is 19.2 Å². The number of allylic oxidation sites excluding steroid dienone is 1. The van der Waals surface area contributed by atoms with Crippen LogP contribution in [0, 0.1) is 20.8 Å². The molecule has 1 aliphatic carbocycles. The lowest BCUT2D eigenvalue weighted by molar-refractivity contribution is 0.307. The lowest BCUT2D eigenvalue weighted by Crippen LogP contribution is -2.05. The third-order valence-corrected chi connectivity index (χ3v) is 7.56. The molecule has 2 aliphatic rings. The summed E-state index contributed by atoms with van der Waals surface area (Å²) >= 11 is 0. The van der Waals surface area contributed by atoms with Gasteiger partial charge in [-0.3, -0.25) is 14.1 Å². The van der Waals surface area contributed by atoms with Gasteiger partial charge in [0.05, 0.1) is 0 Å². The van der Waals surface area contributed by atoms with Crippen molar-refractivity contribution in [2.24, 2.45) is 0 Å². The Morgan fingerprint density at radius 1 is 1.05 bits per heavy atom. The summed E-state index contributed by atoms with van der Waals surface area (Å²) in [6.07, 6.45) is 2.29. The van der Waals surface area contributed by atoms with Crippen LogP contribution in [0.2, 0.25) is 0 Å². The smallest absolute Gasteiger partial charge is 0.439 e. The molecule has 0 spiro atoms. The van der Waals surface area contributed by atoms with Gasteiger partial charge in [0.15, 0.2) is 11.5 Å². The van der Waals surface area contributed by atoms with Crippen LogP contribution in [0.25, 0.3) is 28.0 Å². The fraction of sp³-hybridized carbons (Fsp3) is 0.267. The second kappa shape index (κ2) is 8.28. The molecule has 0 atom stereocenters.